The maximum atomic E-state index is 12.0. The van der Waals surface area contributed by atoms with E-state index in [1.165, 1.54) is 17.0 Å². The van der Waals surface area contributed by atoms with E-state index in [-0.39, 0.29) is 11.1 Å². The highest BCUT2D eigenvalue weighted by Gasteiger charge is 2.40. The van der Waals surface area contributed by atoms with Crippen LogP contribution < -0.4 is 0 Å². The smallest absolute Gasteiger partial charge is 0.333 e. The normalized spacial score (nSPS) is 20.3. The van der Waals surface area contributed by atoms with Crippen molar-refractivity contribution in [1.29, 1.82) is 0 Å². The van der Waals surface area contributed by atoms with Crippen molar-refractivity contribution in [2.24, 2.45) is 5.92 Å². The molecule has 0 aliphatic carbocycles. The molecule has 0 saturated carbocycles. The number of benzene rings is 1. The van der Waals surface area contributed by atoms with E-state index in [4.69, 9.17) is 4.84 Å². The van der Waals surface area contributed by atoms with Crippen LogP contribution in [0.1, 0.15) is 34.1 Å². The summed E-state index contributed by atoms with van der Waals surface area (Å²) in [5, 5.41) is 0.352. The van der Waals surface area contributed by atoms with E-state index in [0.717, 1.165) is 6.42 Å². The van der Waals surface area contributed by atoms with Crippen LogP contribution in [0.2, 0.25) is 0 Å². The fourth-order valence-corrected chi connectivity index (χ4v) is 2.62. The molecule has 3 rings (SSSR count). The number of carbonyl (C=O) groups is 4. The van der Waals surface area contributed by atoms with Gasteiger partial charge >= 0.3 is 11.9 Å². The molecule has 3 amide bonds. The molecule has 7 heteroatoms. The Morgan fingerprint density at radius 1 is 1.14 bits per heavy atom. The van der Waals surface area contributed by atoms with Gasteiger partial charge in [0, 0.05) is 13.1 Å². The van der Waals surface area contributed by atoms with E-state index >= 15 is 0 Å². The number of amides is 3. The van der Waals surface area contributed by atoms with Gasteiger partial charge in [-0.1, -0.05) is 24.1 Å². The Labute approximate surface area is 126 Å². The predicted molar refractivity (Wildman–Crippen MR) is 73.4 cm³/mol. The Morgan fingerprint density at radius 3 is 2.23 bits per heavy atom. The Bertz CT molecular complexity index is 649. The summed E-state index contributed by atoms with van der Waals surface area (Å²) in [5.41, 5.74) is 0.310. The van der Waals surface area contributed by atoms with Crippen LogP contribution in [-0.4, -0.2) is 46.7 Å². The number of likely N-dealkylation sites (tertiary alicyclic amines) is 1. The number of hydroxylamine groups is 2. The molecule has 1 aromatic rings. The fourth-order valence-electron chi connectivity index (χ4n) is 2.62. The molecule has 2 heterocycles. The lowest BCUT2D eigenvalue weighted by molar-refractivity contribution is -0.177. The third-order valence-corrected chi connectivity index (χ3v) is 3.82. The number of fused-ring (bicyclic) bond motifs is 1. The largest absolute Gasteiger partial charge is 0.421 e. The highest BCUT2D eigenvalue weighted by molar-refractivity contribution is 6.33. The van der Waals surface area contributed by atoms with Crippen molar-refractivity contribution >= 4 is 23.7 Å². The zero-order valence-corrected chi connectivity index (χ0v) is 11.9. The van der Waals surface area contributed by atoms with Crippen molar-refractivity contribution in [3.8, 4) is 0 Å². The Kier molecular flexibility index (Phi) is 3.40. The van der Waals surface area contributed by atoms with E-state index in [2.05, 4.69) is 0 Å². The molecule has 2 aliphatic heterocycles. The summed E-state index contributed by atoms with van der Waals surface area (Å²) in [6, 6.07) is 6.14. The van der Waals surface area contributed by atoms with Gasteiger partial charge in [0.25, 0.3) is 11.8 Å². The van der Waals surface area contributed by atoms with Gasteiger partial charge in [0.05, 0.1) is 11.1 Å². The Balaban J connectivity index is 1.72. The number of nitrogens with zero attached hydrogens (tertiary/aromatic N) is 2. The van der Waals surface area contributed by atoms with Gasteiger partial charge in [0.15, 0.2) is 0 Å². The third kappa shape index (κ3) is 2.24. The summed E-state index contributed by atoms with van der Waals surface area (Å²) < 4.78 is 0. The van der Waals surface area contributed by atoms with Crippen LogP contribution in [0.25, 0.3) is 0 Å². The van der Waals surface area contributed by atoms with Crippen molar-refractivity contribution in [2.45, 2.75) is 13.3 Å². The van der Waals surface area contributed by atoms with Crippen molar-refractivity contribution < 1.29 is 24.0 Å². The van der Waals surface area contributed by atoms with Gasteiger partial charge in [-0.05, 0) is 24.5 Å². The fraction of sp³-hybridized carbons (Fsp3) is 0.333. The van der Waals surface area contributed by atoms with Gasteiger partial charge in [0.2, 0.25) is 0 Å². The van der Waals surface area contributed by atoms with E-state index in [1.807, 2.05) is 6.92 Å². The molecule has 2 aliphatic rings. The van der Waals surface area contributed by atoms with Crippen molar-refractivity contribution in [2.75, 3.05) is 13.1 Å². The molecule has 1 aromatic carbocycles. The molecule has 1 saturated heterocycles. The molecular weight excluding hydrogens is 288 g/mol. The second-order valence-electron chi connectivity index (χ2n) is 5.47. The molecule has 114 valence electrons. The second kappa shape index (κ2) is 5.25. The lowest BCUT2D eigenvalue weighted by atomic mass is 10.1. The minimum atomic E-state index is -1.22. The average Bonchev–Trinajstić information content (AvgIpc) is 3.05. The number of hydrogen-bond acceptors (Lipinski definition) is 5. The molecule has 1 atom stereocenters. The van der Waals surface area contributed by atoms with Crippen molar-refractivity contribution in [3.63, 3.8) is 0 Å². The molecule has 1 fully saturated rings. The lowest BCUT2D eigenvalue weighted by Crippen LogP contribution is -2.41. The summed E-state index contributed by atoms with van der Waals surface area (Å²) in [5.74, 6) is -3.21. The summed E-state index contributed by atoms with van der Waals surface area (Å²) in [4.78, 5) is 54.0. The van der Waals surface area contributed by atoms with E-state index in [1.54, 1.807) is 12.1 Å². The minimum absolute atomic E-state index is 0.155. The number of carbonyl (C=O) groups excluding carboxylic acids is 4. The molecule has 0 bridgehead atoms. The number of imide groups is 1. The van der Waals surface area contributed by atoms with Crippen LogP contribution in [0.15, 0.2) is 24.3 Å². The molecule has 0 aromatic heterocycles. The average molecular weight is 302 g/mol. The van der Waals surface area contributed by atoms with Crippen LogP contribution in [0.5, 0.6) is 0 Å². The van der Waals surface area contributed by atoms with E-state index < -0.39 is 23.7 Å². The van der Waals surface area contributed by atoms with Crippen molar-refractivity contribution in [1.82, 2.24) is 9.96 Å². The Morgan fingerprint density at radius 2 is 1.73 bits per heavy atom. The first-order valence-electron chi connectivity index (χ1n) is 6.98. The quantitative estimate of drug-likeness (QED) is 0.560. The first-order valence-corrected chi connectivity index (χ1v) is 6.98. The third-order valence-electron chi connectivity index (χ3n) is 3.82. The van der Waals surface area contributed by atoms with Crippen LogP contribution in [0, 0.1) is 5.92 Å². The lowest BCUT2D eigenvalue weighted by Gasteiger charge is -2.17. The maximum absolute atomic E-state index is 12.0. The molecular formula is C15H14N2O5. The molecule has 1 unspecified atom stereocenters. The van der Waals surface area contributed by atoms with Gasteiger partial charge in [-0.15, -0.1) is 0 Å². The summed E-state index contributed by atoms with van der Waals surface area (Å²) in [7, 11) is 0. The van der Waals surface area contributed by atoms with Gasteiger partial charge in [-0.25, -0.2) is 4.79 Å². The minimum Gasteiger partial charge on any atom is -0.333 e. The summed E-state index contributed by atoms with van der Waals surface area (Å²) >= 11 is 0. The zero-order chi connectivity index (χ0) is 15.9. The van der Waals surface area contributed by atoms with Crippen LogP contribution in [-0.2, 0) is 14.4 Å². The van der Waals surface area contributed by atoms with E-state index in [0.29, 0.717) is 24.1 Å². The maximum Gasteiger partial charge on any atom is 0.421 e. The zero-order valence-electron chi connectivity index (χ0n) is 11.9. The second-order valence-corrected chi connectivity index (χ2v) is 5.47. The van der Waals surface area contributed by atoms with Gasteiger partial charge in [0.1, 0.15) is 0 Å². The predicted octanol–water partition coefficient (Wildman–Crippen LogP) is 0.609. The van der Waals surface area contributed by atoms with Crippen molar-refractivity contribution in [3.05, 3.63) is 35.4 Å². The molecule has 22 heavy (non-hydrogen) atoms. The molecule has 0 spiro atoms. The molecule has 7 nitrogen and oxygen atoms in total. The SMILES string of the molecule is CC1CCN(C(=O)C(=O)ON2C(=O)c3ccccc3C2=O)C1. The van der Waals surface area contributed by atoms with Crippen LogP contribution in [0.3, 0.4) is 0 Å². The van der Waals surface area contributed by atoms with Gasteiger partial charge in [-0.3, -0.25) is 14.4 Å². The van der Waals surface area contributed by atoms with Gasteiger partial charge in [-0.2, -0.15) is 0 Å². The van der Waals surface area contributed by atoms with Crippen LogP contribution >= 0.6 is 0 Å². The van der Waals surface area contributed by atoms with Gasteiger partial charge < -0.3 is 9.74 Å². The first-order chi connectivity index (χ1) is 10.5. The van der Waals surface area contributed by atoms with Crippen LogP contribution in [0.4, 0.5) is 0 Å². The summed E-state index contributed by atoms with van der Waals surface area (Å²) in [6.07, 6.45) is 0.812. The molecule has 0 radical (unpaired) electrons. The van der Waals surface area contributed by atoms with E-state index in [9.17, 15) is 19.2 Å². The molecule has 0 N–H and O–H groups in total. The number of rotatable bonds is 1. The highest BCUT2D eigenvalue weighted by atomic mass is 16.7. The topological polar surface area (TPSA) is 84.0 Å². The standard InChI is InChI=1S/C15H14N2O5/c1-9-6-7-16(8-9)14(20)15(21)22-17-12(18)10-4-2-3-5-11(10)13(17)19/h2-5,9H,6-8H2,1H3. The highest BCUT2D eigenvalue weighted by Crippen LogP contribution is 2.23. The monoisotopic (exact) mass is 302 g/mol. The Hall–Kier alpha value is -2.70. The number of hydrogen-bond donors (Lipinski definition) is 0. The first kappa shape index (κ1) is 14.2. The summed E-state index contributed by atoms with van der Waals surface area (Å²) in [6.45, 7) is 2.91.